The van der Waals surface area contributed by atoms with E-state index >= 15 is 0 Å². The normalized spacial score (nSPS) is 12.1. The molecule has 0 bridgehead atoms. The molecule has 3 N–H and O–H groups in total. The molecule has 2 aromatic rings. The van der Waals surface area contributed by atoms with E-state index in [1.54, 1.807) is 6.07 Å². The highest BCUT2D eigenvalue weighted by atomic mass is 16.5. The molecule has 0 aromatic heterocycles. The van der Waals surface area contributed by atoms with Gasteiger partial charge in [0.2, 0.25) is 5.91 Å². The van der Waals surface area contributed by atoms with Gasteiger partial charge in [-0.2, -0.15) is 0 Å². The molecule has 27 heavy (non-hydrogen) atoms. The van der Waals surface area contributed by atoms with Gasteiger partial charge >= 0.3 is 5.97 Å². The van der Waals surface area contributed by atoms with Crippen molar-refractivity contribution >= 4 is 34.0 Å². The number of amides is 1. The second kappa shape index (κ2) is 7.59. The lowest BCUT2D eigenvalue weighted by Crippen LogP contribution is -2.21. The predicted octanol–water partition coefficient (Wildman–Crippen LogP) is 5.14. The van der Waals surface area contributed by atoms with Crippen LogP contribution in [0.1, 0.15) is 54.4 Å². The van der Waals surface area contributed by atoms with E-state index in [4.69, 9.17) is 10.5 Å². The van der Waals surface area contributed by atoms with Crippen LogP contribution < -0.4 is 15.8 Å². The number of esters is 1. The Bertz CT molecular complexity index is 858. The third-order valence-corrected chi connectivity index (χ3v) is 3.89. The van der Waals surface area contributed by atoms with Crippen molar-refractivity contribution in [3.63, 3.8) is 0 Å². The molecule has 0 fully saturated rings. The van der Waals surface area contributed by atoms with Gasteiger partial charge in [0.05, 0.1) is 17.8 Å². The Labute approximate surface area is 161 Å². The molecule has 0 saturated carbocycles. The summed E-state index contributed by atoms with van der Waals surface area (Å²) in [6.07, 6.45) is 0.675. The molecule has 0 aliphatic carbocycles. The molecule has 0 spiro atoms. The molecule has 0 heterocycles. The first-order chi connectivity index (χ1) is 12.4. The molecule has 0 saturated heterocycles. The van der Waals surface area contributed by atoms with E-state index in [0.29, 0.717) is 30.0 Å². The maximum absolute atomic E-state index is 12.4. The third kappa shape index (κ3) is 5.98. The Balaban J connectivity index is 2.38. The van der Waals surface area contributed by atoms with E-state index in [-0.39, 0.29) is 22.7 Å². The summed E-state index contributed by atoms with van der Waals surface area (Å²) < 4.78 is 5.59. The Hall–Kier alpha value is -2.56. The predicted molar refractivity (Wildman–Crippen MR) is 111 cm³/mol. The SMILES string of the molecule is CC(C)(C)CC(=O)Nc1c(N)cc(OC(=O)CC(C)(C)C)c2ccccc12. The summed E-state index contributed by atoms with van der Waals surface area (Å²) in [7, 11) is 0. The van der Waals surface area contributed by atoms with Gasteiger partial charge in [0, 0.05) is 23.3 Å². The largest absolute Gasteiger partial charge is 0.426 e. The first-order valence-corrected chi connectivity index (χ1v) is 9.17. The van der Waals surface area contributed by atoms with Crippen LogP contribution in [0.5, 0.6) is 5.75 Å². The second-order valence-electron chi connectivity index (χ2n) is 9.38. The lowest BCUT2D eigenvalue weighted by Gasteiger charge is -2.20. The van der Waals surface area contributed by atoms with Crippen LogP contribution in [-0.2, 0) is 9.59 Å². The van der Waals surface area contributed by atoms with Crippen LogP contribution in [0.25, 0.3) is 10.8 Å². The van der Waals surface area contributed by atoms with E-state index in [0.717, 1.165) is 10.8 Å². The number of fused-ring (bicyclic) bond motifs is 1. The van der Waals surface area contributed by atoms with Gasteiger partial charge in [0.25, 0.3) is 0 Å². The quantitative estimate of drug-likeness (QED) is 0.444. The van der Waals surface area contributed by atoms with Crippen LogP contribution in [0.2, 0.25) is 0 Å². The molecule has 0 aliphatic rings. The maximum Gasteiger partial charge on any atom is 0.311 e. The van der Waals surface area contributed by atoms with Gasteiger partial charge in [-0.25, -0.2) is 0 Å². The first kappa shape index (κ1) is 20.7. The molecule has 0 unspecified atom stereocenters. The number of hydrogen-bond donors (Lipinski definition) is 2. The number of carbonyl (C=O) groups excluding carboxylic acids is 2. The van der Waals surface area contributed by atoms with Crippen molar-refractivity contribution in [2.24, 2.45) is 10.8 Å². The number of rotatable bonds is 4. The Kier molecular flexibility index (Phi) is 5.83. The number of nitrogens with one attached hydrogen (secondary N) is 1. The summed E-state index contributed by atoms with van der Waals surface area (Å²) in [5.41, 5.74) is 6.82. The molecule has 1 amide bonds. The fourth-order valence-electron chi connectivity index (χ4n) is 2.84. The summed E-state index contributed by atoms with van der Waals surface area (Å²) in [6, 6.07) is 9.05. The molecule has 146 valence electrons. The van der Waals surface area contributed by atoms with Gasteiger partial charge in [-0.3, -0.25) is 9.59 Å². The van der Waals surface area contributed by atoms with Crippen LogP contribution in [0.4, 0.5) is 11.4 Å². The van der Waals surface area contributed by atoms with Crippen molar-refractivity contribution in [3.8, 4) is 5.75 Å². The molecular formula is C22H30N2O3. The van der Waals surface area contributed by atoms with Crippen molar-refractivity contribution < 1.29 is 14.3 Å². The number of nitrogens with two attached hydrogens (primary N) is 1. The molecule has 5 nitrogen and oxygen atoms in total. The maximum atomic E-state index is 12.4. The second-order valence-corrected chi connectivity index (χ2v) is 9.38. The number of carbonyl (C=O) groups is 2. The fourth-order valence-corrected chi connectivity index (χ4v) is 2.84. The van der Waals surface area contributed by atoms with Crippen molar-refractivity contribution in [2.45, 2.75) is 54.4 Å². The lowest BCUT2D eigenvalue weighted by atomic mass is 9.92. The molecule has 0 aliphatic heterocycles. The minimum atomic E-state index is -0.309. The summed E-state index contributed by atoms with van der Waals surface area (Å²) in [5.74, 6) is -0.000396. The van der Waals surface area contributed by atoms with Crippen molar-refractivity contribution in [1.82, 2.24) is 0 Å². The number of nitrogen functional groups attached to an aromatic ring is 1. The minimum absolute atomic E-state index is 0.100. The van der Waals surface area contributed by atoms with Gasteiger partial charge in [0.15, 0.2) is 0 Å². The summed E-state index contributed by atoms with van der Waals surface area (Å²) in [4.78, 5) is 24.7. The van der Waals surface area contributed by atoms with E-state index < -0.39 is 0 Å². The van der Waals surface area contributed by atoms with Crippen LogP contribution >= 0.6 is 0 Å². The molecule has 0 radical (unpaired) electrons. The van der Waals surface area contributed by atoms with Crippen LogP contribution in [0, 0.1) is 10.8 Å². The van der Waals surface area contributed by atoms with Crippen molar-refractivity contribution in [2.75, 3.05) is 11.1 Å². The minimum Gasteiger partial charge on any atom is -0.426 e. The molecular weight excluding hydrogens is 340 g/mol. The van der Waals surface area contributed by atoms with E-state index in [2.05, 4.69) is 5.32 Å². The van der Waals surface area contributed by atoms with Gasteiger partial charge in [-0.15, -0.1) is 0 Å². The highest BCUT2D eigenvalue weighted by Gasteiger charge is 2.21. The molecule has 2 rings (SSSR count). The first-order valence-electron chi connectivity index (χ1n) is 9.17. The third-order valence-electron chi connectivity index (χ3n) is 3.89. The average molecular weight is 370 g/mol. The van der Waals surface area contributed by atoms with Gasteiger partial charge in [-0.1, -0.05) is 65.8 Å². The van der Waals surface area contributed by atoms with E-state index in [1.807, 2.05) is 65.8 Å². The van der Waals surface area contributed by atoms with Crippen LogP contribution in [0.3, 0.4) is 0 Å². The zero-order chi connectivity index (χ0) is 20.4. The summed E-state index contributed by atoms with van der Waals surface area (Å²) in [6.45, 7) is 12.0. The topological polar surface area (TPSA) is 81.4 Å². The Morgan fingerprint density at radius 1 is 0.963 bits per heavy atom. The molecule has 0 atom stereocenters. The van der Waals surface area contributed by atoms with Gasteiger partial charge < -0.3 is 15.8 Å². The number of anilines is 2. The van der Waals surface area contributed by atoms with E-state index in [1.165, 1.54) is 0 Å². The Morgan fingerprint density at radius 3 is 2.07 bits per heavy atom. The Morgan fingerprint density at radius 2 is 1.52 bits per heavy atom. The number of ether oxygens (including phenoxy) is 1. The van der Waals surface area contributed by atoms with Gasteiger partial charge in [-0.05, 0) is 10.8 Å². The number of benzene rings is 2. The fraction of sp³-hybridized carbons (Fsp3) is 0.455. The highest BCUT2D eigenvalue weighted by Crippen LogP contribution is 2.37. The monoisotopic (exact) mass is 370 g/mol. The summed E-state index contributed by atoms with van der Waals surface area (Å²) in [5, 5.41) is 4.41. The zero-order valence-corrected chi connectivity index (χ0v) is 17.1. The van der Waals surface area contributed by atoms with Crippen LogP contribution in [0.15, 0.2) is 30.3 Å². The highest BCUT2D eigenvalue weighted by molar-refractivity contribution is 6.09. The number of hydrogen-bond acceptors (Lipinski definition) is 4. The standard InChI is InChI=1S/C22H30N2O3/c1-21(2,3)12-18(25)24-20-15-10-8-7-9-14(15)17(11-16(20)23)27-19(26)13-22(4,5)6/h7-11H,12-13,23H2,1-6H3,(H,24,25). The van der Waals surface area contributed by atoms with Gasteiger partial charge in [0.1, 0.15) is 5.75 Å². The summed E-state index contributed by atoms with van der Waals surface area (Å²) >= 11 is 0. The van der Waals surface area contributed by atoms with Crippen LogP contribution in [-0.4, -0.2) is 11.9 Å². The smallest absolute Gasteiger partial charge is 0.311 e. The average Bonchev–Trinajstić information content (AvgIpc) is 2.47. The van der Waals surface area contributed by atoms with Crippen molar-refractivity contribution in [1.29, 1.82) is 0 Å². The lowest BCUT2D eigenvalue weighted by molar-refractivity contribution is -0.136. The molecule has 2 aromatic carbocycles. The molecule has 5 heteroatoms. The zero-order valence-electron chi connectivity index (χ0n) is 17.1. The van der Waals surface area contributed by atoms with Crippen molar-refractivity contribution in [3.05, 3.63) is 30.3 Å². The van der Waals surface area contributed by atoms with E-state index in [9.17, 15) is 9.59 Å².